The van der Waals surface area contributed by atoms with Crippen LogP contribution in [-0.4, -0.2) is 50.6 Å². The number of nitrogens with zero attached hydrogens (tertiary/aromatic N) is 3. The van der Waals surface area contributed by atoms with E-state index in [4.69, 9.17) is 25.1 Å². The third-order valence-electron chi connectivity index (χ3n) is 4.19. The first-order valence-corrected chi connectivity index (χ1v) is 9.32. The lowest BCUT2D eigenvalue weighted by molar-refractivity contribution is -0.192. The summed E-state index contributed by atoms with van der Waals surface area (Å²) in [6.45, 7) is 0.187. The lowest BCUT2D eigenvalue weighted by atomic mass is 10.1. The summed E-state index contributed by atoms with van der Waals surface area (Å²) < 4.78 is 43.8. The van der Waals surface area contributed by atoms with Gasteiger partial charge in [-0.3, -0.25) is 9.59 Å². The zero-order chi connectivity index (χ0) is 24.9. The van der Waals surface area contributed by atoms with Gasteiger partial charge in [0.25, 0.3) is 5.91 Å². The van der Waals surface area contributed by atoms with Crippen LogP contribution in [0.2, 0.25) is 0 Å². The summed E-state index contributed by atoms with van der Waals surface area (Å²) in [5.74, 6) is -1.88. The molecule has 2 aromatic heterocycles. The van der Waals surface area contributed by atoms with E-state index in [1.165, 1.54) is 23.3 Å². The van der Waals surface area contributed by atoms with Crippen LogP contribution in [-0.2, 0) is 16.0 Å². The Kier molecular flexibility index (Phi) is 6.99. The number of nitrogens with two attached hydrogens (primary N) is 1. The van der Waals surface area contributed by atoms with E-state index in [-0.39, 0.29) is 19.1 Å². The van der Waals surface area contributed by atoms with Gasteiger partial charge in [-0.1, -0.05) is 6.07 Å². The number of aliphatic carboxylic acids is 1. The van der Waals surface area contributed by atoms with Crippen LogP contribution in [0.4, 0.5) is 19.0 Å². The number of halogens is 3. The van der Waals surface area contributed by atoms with Crippen LogP contribution < -0.4 is 20.5 Å². The zero-order valence-corrected chi connectivity index (χ0v) is 17.1. The van der Waals surface area contributed by atoms with Crippen molar-refractivity contribution in [2.24, 2.45) is 5.73 Å². The molecule has 4 rings (SSSR count). The molecule has 0 saturated carbocycles. The lowest BCUT2D eigenvalue weighted by Crippen LogP contribution is -2.21. The predicted molar refractivity (Wildman–Crippen MR) is 108 cm³/mol. The number of amides is 2. The number of carbonyl (C=O) groups is 3. The van der Waals surface area contributed by atoms with Gasteiger partial charge in [-0.2, -0.15) is 18.3 Å². The lowest BCUT2D eigenvalue weighted by Gasteiger charge is -2.07. The number of carbonyl (C=O) groups excluding carboxylic acids is 2. The molecule has 0 spiro atoms. The SMILES string of the molecule is NC(=O)c1cnn(-c2ccnc(NC(=O)Cc3ccc4c(c3)OCO4)c2)c1.O=C(O)C(F)(F)F. The molecule has 0 radical (unpaired) electrons. The molecule has 0 fully saturated rings. The van der Waals surface area contributed by atoms with E-state index in [1.54, 1.807) is 24.3 Å². The molecular weight excluding hydrogens is 463 g/mol. The Morgan fingerprint density at radius 1 is 1.15 bits per heavy atom. The summed E-state index contributed by atoms with van der Waals surface area (Å²) in [7, 11) is 0. The molecule has 1 aliphatic rings. The van der Waals surface area contributed by atoms with Crippen LogP contribution >= 0.6 is 0 Å². The van der Waals surface area contributed by atoms with Crippen molar-refractivity contribution in [2.45, 2.75) is 12.6 Å². The topological polar surface area (TPSA) is 159 Å². The van der Waals surface area contributed by atoms with Gasteiger partial charge in [0.1, 0.15) is 5.82 Å². The van der Waals surface area contributed by atoms with Gasteiger partial charge in [0.2, 0.25) is 12.7 Å². The first-order valence-electron chi connectivity index (χ1n) is 9.32. The number of ether oxygens (including phenoxy) is 2. The number of pyridine rings is 1. The maximum absolute atomic E-state index is 12.3. The standard InChI is InChI=1S/C18H15N5O4.C2HF3O2/c19-18(25)12-8-21-23(9-12)13-3-4-20-16(7-13)22-17(24)6-11-1-2-14-15(5-11)27-10-26-14;3-2(4,5)1(6)7/h1-5,7-9H,6,10H2,(H2,19,25)(H,20,22,24);(H,6,7). The molecule has 1 aliphatic heterocycles. The second-order valence-electron chi connectivity index (χ2n) is 6.65. The van der Waals surface area contributed by atoms with Crippen LogP contribution in [0.15, 0.2) is 48.9 Å². The Balaban J connectivity index is 0.000000406. The van der Waals surface area contributed by atoms with Crippen molar-refractivity contribution in [1.29, 1.82) is 0 Å². The van der Waals surface area contributed by atoms with Gasteiger partial charge < -0.3 is 25.6 Å². The number of alkyl halides is 3. The Labute approximate surface area is 188 Å². The molecule has 0 bridgehead atoms. The van der Waals surface area contributed by atoms with Crippen LogP contribution in [0, 0.1) is 0 Å². The normalized spacial score (nSPS) is 11.9. The highest BCUT2D eigenvalue weighted by Gasteiger charge is 2.38. The number of aromatic nitrogens is 3. The Bertz CT molecular complexity index is 1230. The predicted octanol–water partition coefficient (Wildman–Crippen LogP) is 1.91. The summed E-state index contributed by atoms with van der Waals surface area (Å²) in [5.41, 5.74) is 6.95. The third-order valence-corrected chi connectivity index (χ3v) is 4.19. The van der Waals surface area contributed by atoms with Gasteiger partial charge in [0.15, 0.2) is 11.5 Å². The summed E-state index contributed by atoms with van der Waals surface area (Å²) in [4.78, 5) is 36.5. The molecular formula is C20H16F3N5O6. The second-order valence-corrected chi connectivity index (χ2v) is 6.65. The van der Waals surface area contributed by atoms with E-state index in [1.807, 2.05) is 6.07 Å². The molecule has 178 valence electrons. The quantitative estimate of drug-likeness (QED) is 0.501. The largest absolute Gasteiger partial charge is 0.490 e. The molecule has 0 aliphatic carbocycles. The van der Waals surface area contributed by atoms with E-state index < -0.39 is 18.1 Å². The highest BCUT2D eigenvalue weighted by molar-refractivity contribution is 5.92. The van der Waals surface area contributed by atoms with Crippen LogP contribution in [0.1, 0.15) is 15.9 Å². The average Bonchev–Trinajstić information content (AvgIpc) is 3.43. The number of hydrogen-bond acceptors (Lipinski definition) is 7. The molecule has 11 nitrogen and oxygen atoms in total. The number of fused-ring (bicyclic) bond motifs is 1. The van der Waals surface area contributed by atoms with Gasteiger partial charge in [-0.05, 0) is 23.8 Å². The van der Waals surface area contributed by atoms with Crippen molar-refractivity contribution in [3.63, 3.8) is 0 Å². The Morgan fingerprint density at radius 2 is 1.85 bits per heavy atom. The molecule has 14 heteroatoms. The first-order chi connectivity index (χ1) is 16.0. The summed E-state index contributed by atoms with van der Waals surface area (Å²) in [6.07, 6.45) is -0.496. The molecule has 3 heterocycles. The maximum atomic E-state index is 12.3. The van der Waals surface area contributed by atoms with Gasteiger partial charge in [-0.25, -0.2) is 14.5 Å². The fraction of sp³-hybridized carbons (Fsp3) is 0.150. The molecule has 4 N–H and O–H groups in total. The minimum absolute atomic E-state index is 0.163. The van der Waals surface area contributed by atoms with E-state index >= 15 is 0 Å². The van der Waals surface area contributed by atoms with Crippen molar-refractivity contribution >= 4 is 23.6 Å². The van der Waals surface area contributed by atoms with Crippen molar-refractivity contribution in [3.05, 3.63) is 60.0 Å². The minimum atomic E-state index is -5.08. The van der Waals surface area contributed by atoms with E-state index in [2.05, 4.69) is 15.4 Å². The van der Waals surface area contributed by atoms with E-state index in [0.29, 0.717) is 28.6 Å². The molecule has 0 saturated heterocycles. The van der Waals surface area contributed by atoms with Crippen molar-refractivity contribution in [1.82, 2.24) is 14.8 Å². The Hall–Kier alpha value is -4.62. The molecule has 3 aromatic rings. The van der Waals surface area contributed by atoms with Crippen LogP contribution in [0.5, 0.6) is 11.5 Å². The molecule has 34 heavy (non-hydrogen) atoms. The number of carboxylic acid groups (broad SMARTS) is 1. The number of nitrogens with one attached hydrogen (secondary N) is 1. The summed E-state index contributed by atoms with van der Waals surface area (Å²) in [5, 5.41) is 13.9. The Morgan fingerprint density at radius 3 is 2.50 bits per heavy atom. The van der Waals surface area contributed by atoms with Crippen molar-refractivity contribution in [3.8, 4) is 17.2 Å². The molecule has 1 aromatic carbocycles. The van der Waals surface area contributed by atoms with Crippen molar-refractivity contribution < 1.29 is 42.1 Å². The average molecular weight is 479 g/mol. The number of anilines is 1. The highest BCUT2D eigenvalue weighted by atomic mass is 19.4. The van der Waals surface area contributed by atoms with Gasteiger partial charge >= 0.3 is 12.1 Å². The monoisotopic (exact) mass is 479 g/mol. The molecule has 2 amide bonds. The molecule has 0 unspecified atom stereocenters. The maximum Gasteiger partial charge on any atom is 0.490 e. The third kappa shape index (κ3) is 6.21. The molecule has 0 atom stereocenters. The number of primary amides is 1. The fourth-order valence-electron chi connectivity index (χ4n) is 2.64. The zero-order valence-electron chi connectivity index (χ0n) is 17.1. The minimum Gasteiger partial charge on any atom is -0.475 e. The second kappa shape index (κ2) is 9.89. The van der Waals surface area contributed by atoms with Crippen LogP contribution in [0.25, 0.3) is 5.69 Å². The van der Waals surface area contributed by atoms with Gasteiger partial charge in [0.05, 0.1) is 23.9 Å². The number of carboxylic acids is 1. The van der Waals surface area contributed by atoms with E-state index in [9.17, 15) is 22.8 Å². The van der Waals surface area contributed by atoms with Gasteiger partial charge in [0, 0.05) is 18.5 Å². The van der Waals surface area contributed by atoms with Gasteiger partial charge in [-0.15, -0.1) is 0 Å². The fourth-order valence-corrected chi connectivity index (χ4v) is 2.64. The summed E-state index contributed by atoms with van der Waals surface area (Å²) in [6, 6.07) is 8.71. The highest BCUT2D eigenvalue weighted by Crippen LogP contribution is 2.32. The first kappa shape index (κ1) is 24.0. The van der Waals surface area contributed by atoms with E-state index in [0.717, 1.165) is 5.56 Å². The number of benzene rings is 1. The van der Waals surface area contributed by atoms with Crippen LogP contribution in [0.3, 0.4) is 0 Å². The number of rotatable bonds is 5. The summed E-state index contributed by atoms with van der Waals surface area (Å²) >= 11 is 0. The van der Waals surface area contributed by atoms with Crippen molar-refractivity contribution in [2.75, 3.05) is 12.1 Å². The smallest absolute Gasteiger partial charge is 0.475 e. The number of hydrogen-bond donors (Lipinski definition) is 3.